The van der Waals surface area contributed by atoms with Crippen LogP contribution < -0.4 is 0 Å². The number of fused-ring (bicyclic) bond motifs is 2. The van der Waals surface area contributed by atoms with Gasteiger partial charge in [-0.15, -0.1) is 0 Å². The molecule has 7 heteroatoms. The van der Waals surface area contributed by atoms with Crippen LogP contribution in [-0.2, 0) is 19.1 Å². The monoisotopic (exact) mass is 348 g/mol. The third-order valence-corrected chi connectivity index (χ3v) is 6.80. The van der Waals surface area contributed by atoms with Crippen molar-refractivity contribution in [2.45, 2.75) is 51.8 Å². The lowest BCUT2D eigenvalue weighted by molar-refractivity contribution is -0.225. The summed E-state index contributed by atoms with van der Waals surface area (Å²) in [7, 11) is 0. The Morgan fingerprint density at radius 1 is 1.21 bits per heavy atom. The number of cyclic esters (lactones) is 1. The molecule has 3 fully saturated rings. The predicted octanol–water partition coefficient (Wildman–Crippen LogP) is 3.34. The molecule has 2 aliphatic carbocycles. The van der Waals surface area contributed by atoms with Gasteiger partial charge in [0.25, 0.3) is 0 Å². The molecule has 0 aromatic rings. The van der Waals surface area contributed by atoms with Gasteiger partial charge >= 0.3 is 18.1 Å². The number of carbonyl (C=O) groups excluding carboxylic acids is 2. The fourth-order valence-corrected chi connectivity index (χ4v) is 5.28. The Morgan fingerprint density at radius 2 is 1.88 bits per heavy atom. The highest BCUT2D eigenvalue weighted by molar-refractivity contribution is 5.79. The molecular weight excluding hydrogens is 325 g/mol. The molecule has 7 unspecified atom stereocenters. The molecule has 2 bridgehead atoms. The van der Waals surface area contributed by atoms with Crippen molar-refractivity contribution in [3.05, 3.63) is 0 Å². The van der Waals surface area contributed by atoms with Crippen LogP contribution in [0, 0.1) is 35.5 Å². The number of carbonyl (C=O) groups is 2. The maximum atomic E-state index is 12.8. The van der Waals surface area contributed by atoms with Gasteiger partial charge in [0.1, 0.15) is 5.60 Å². The van der Waals surface area contributed by atoms with Gasteiger partial charge in [-0.3, -0.25) is 4.79 Å². The molecular formula is C17H23F3O4. The lowest BCUT2D eigenvalue weighted by atomic mass is 9.65. The van der Waals surface area contributed by atoms with Crippen LogP contribution in [0.4, 0.5) is 13.2 Å². The number of esters is 2. The molecule has 0 amide bonds. The van der Waals surface area contributed by atoms with Crippen molar-refractivity contribution in [2.24, 2.45) is 35.5 Å². The van der Waals surface area contributed by atoms with Crippen LogP contribution in [0.5, 0.6) is 0 Å². The van der Waals surface area contributed by atoms with Gasteiger partial charge in [-0.25, -0.2) is 4.79 Å². The number of hydrogen-bond acceptors (Lipinski definition) is 4. The Hall–Kier alpha value is -1.27. The lowest BCUT2D eigenvalue weighted by Crippen LogP contribution is -2.53. The van der Waals surface area contributed by atoms with Crippen LogP contribution in [-0.4, -0.2) is 30.3 Å². The quantitative estimate of drug-likeness (QED) is 0.734. The predicted molar refractivity (Wildman–Crippen MR) is 77.7 cm³/mol. The summed E-state index contributed by atoms with van der Waals surface area (Å²) in [5.74, 6) is -2.41. The fourth-order valence-electron chi connectivity index (χ4n) is 5.28. The summed E-state index contributed by atoms with van der Waals surface area (Å²) >= 11 is 0. The third kappa shape index (κ3) is 2.60. The summed E-state index contributed by atoms with van der Waals surface area (Å²) in [6.07, 6.45) is -3.16. The van der Waals surface area contributed by atoms with E-state index in [1.54, 1.807) is 0 Å². The molecule has 7 atom stereocenters. The van der Waals surface area contributed by atoms with E-state index in [2.05, 4.69) is 13.8 Å². The largest absolute Gasteiger partial charge is 0.490 e. The molecule has 1 aliphatic heterocycles. The minimum Gasteiger partial charge on any atom is -0.465 e. The summed E-state index contributed by atoms with van der Waals surface area (Å²) in [5.41, 5.74) is -1.46. The van der Waals surface area contributed by atoms with Crippen molar-refractivity contribution in [3.8, 4) is 0 Å². The van der Waals surface area contributed by atoms with E-state index in [0.717, 1.165) is 6.42 Å². The third-order valence-electron chi connectivity index (χ3n) is 6.80. The van der Waals surface area contributed by atoms with Gasteiger partial charge in [-0.1, -0.05) is 13.8 Å². The molecule has 24 heavy (non-hydrogen) atoms. The Bertz CT molecular complexity index is 544. The molecule has 1 saturated heterocycles. The second-order valence-electron chi connectivity index (χ2n) is 7.80. The smallest absolute Gasteiger partial charge is 0.465 e. The van der Waals surface area contributed by atoms with Gasteiger partial charge < -0.3 is 9.47 Å². The average Bonchev–Trinajstić information content (AvgIpc) is 3.16. The highest BCUT2D eigenvalue weighted by Crippen LogP contribution is 2.60. The normalized spacial score (nSPS) is 41.2. The van der Waals surface area contributed by atoms with Crippen molar-refractivity contribution in [3.63, 3.8) is 0 Å². The highest BCUT2D eigenvalue weighted by atomic mass is 19.4. The first-order valence-corrected chi connectivity index (χ1v) is 8.52. The first-order valence-electron chi connectivity index (χ1n) is 8.52. The zero-order chi connectivity index (χ0) is 17.9. The number of alkyl halides is 3. The molecule has 0 radical (unpaired) electrons. The van der Waals surface area contributed by atoms with Crippen LogP contribution in [0.1, 0.15) is 40.0 Å². The van der Waals surface area contributed by atoms with E-state index in [1.807, 2.05) is 0 Å². The van der Waals surface area contributed by atoms with Crippen LogP contribution in [0.25, 0.3) is 0 Å². The van der Waals surface area contributed by atoms with Crippen molar-refractivity contribution in [1.82, 2.24) is 0 Å². The van der Waals surface area contributed by atoms with Crippen LogP contribution >= 0.6 is 0 Å². The molecule has 136 valence electrons. The van der Waals surface area contributed by atoms with Gasteiger partial charge in [0.05, 0.1) is 12.5 Å². The first kappa shape index (κ1) is 17.5. The Labute approximate surface area is 139 Å². The molecule has 1 heterocycles. The molecule has 0 aromatic heterocycles. The van der Waals surface area contributed by atoms with E-state index in [-0.39, 0.29) is 24.9 Å². The number of ether oxygens (including phenoxy) is 2. The fraction of sp³-hybridized carbons (Fsp3) is 0.882. The lowest BCUT2D eigenvalue weighted by Gasteiger charge is -2.45. The summed E-state index contributed by atoms with van der Waals surface area (Å²) in [5, 5.41) is 0. The Balaban J connectivity index is 1.91. The average molecular weight is 348 g/mol. The SMILES string of the molecule is CC1C2CC(C1C)C(C(C)(OC(=O)C(F)(F)F)C1CCOC1=O)C2. The van der Waals surface area contributed by atoms with Crippen molar-refractivity contribution in [1.29, 1.82) is 0 Å². The van der Waals surface area contributed by atoms with Crippen molar-refractivity contribution >= 4 is 11.9 Å². The summed E-state index contributed by atoms with van der Waals surface area (Å²) < 4.78 is 48.3. The van der Waals surface area contributed by atoms with Gasteiger partial charge in [-0.2, -0.15) is 13.2 Å². The molecule has 3 rings (SSSR count). The molecule has 3 aliphatic rings. The van der Waals surface area contributed by atoms with Gasteiger partial charge in [0, 0.05) is 5.92 Å². The molecule has 2 saturated carbocycles. The van der Waals surface area contributed by atoms with Crippen molar-refractivity contribution in [2.75, 3.05) is 6.61 Å². The minimum absolute atomic E-state index is 0.162. The summed E-state index contributed by atoms with van der Waals surface area (Å²) in [6, 6.07) is 0. The zero-order valence-electron chi connectivity index (χ0n) is 14.1. The molecule has 0 spiro atoms. The van der Waals surface area contributed by atoms with Crippen molar-refractivity contribution < 1.29 is 32.2 Å². The van der Waals surface area contributed by atoms with E-state index in [0.29, 0.717) is 24.2 Å². The zero-order valence-corrected chi connectivity index (χ0v) is 14.1. The van der Waals surface area contributed by atoms with Gasteiger partial charge in [0.15, 0.2) is 0 Å². The Morgan fingerprint density at radius 3 is 2.33 bits per heavy atom. The van der Waals surface area contributed by atoms with Gasteiger partial charge in [0.2, 0.25) is 0 Å². The maximum Gasteiger partial charge on any atom is 0.490 e. The number of rotatable bonds is 3. The highest BCUT2D eigenvalue weighted by Gasteiger charge is 2.61. The van der Waals surface area contributed by atoms with E-state index < -0.39 is 29.6 Å². The van der Waals surface area contributed by atoms with E-state index >= 15 is 0 Å². The molecule has 0 N–H and O–H groups in total. The topological polar surface area (TPSA) is 52.6 Å². The van der Waals surface area contributed by atoms with E-state index in [9.17, 15) is 22.8 Å². The van der Waals surface area contributed by atoms with Crippen LogP contribution in [0.3, 0.4) is 0 Å². The Kier molecular flexibility index (Phi) is 4.12. The number of hydrogen-bond donors (Lipinski definition) is 0. The second-order valence-corrected chi connectivity index (χ2v) is 7.80. The molecule has 4 nitrogen and oxygen atoms in total. The second kappa shape index (κ2) is 5.63. The maximum absolute atomic E-state index is 12.8. The number of halogens is 3. The summed E-state index contributed by atoms with van der Waals surface area (Å²) in [4.78, 5) is 23.6. The standard InChI is InChI=1S/C17H23F3O4/c1-8-9(2)11-6-10(8)7-13(11)16(3,12-4-5-23-14(12)21)24-15(22)17(18,19)20/h8-13H,4-7H2,1-3H3. The minimum atomic E-state index is -5.07. The molecule has 0 aromatic carbocycles. The first-order chi connectivity index (χ1) is 11.1. The van der Waals surface area contributed by atoms with Crippen LogP contribution in [0.2, 0.25) is 0 Å². The van der Waals surface area contributed by atoms with E-state index in [1.165, 1.54) is 6.92 Å². The van der Waals surface area contributed by atoms with Crippen LogP contribution in [0.15, 0.2) is 0 Å². The summed E-state index contributed by atoms with van der Waals surface area (Å²) in [6.45, 7) is 5.92. The van der Waals surface area contributed by atoms with Gasteiger partial charge in [-0.05, 0) is 49.9 Å². The van der Waals surface area contributed by atoms with E-state index in [4.69, 9.17) is 9.47 Å².